The summed E-state index contributed by atoms with van der Waals surface area (Å²) in [5, 5.41) is 8.70. The number of ether oxygens (including phenoxy) is 1. The predicted molar refractivity (Wildman–Crippen MR) is 120 cm³/mol. The third-order valence-electron chi connectivity index (χ3n) is 5.66. The summed E-state index contributed by atoms with van der Waals surface area (Å²) >= 11 is 0. The summed E-state index contributed by atoms with van der Waals surface area (Å²) in [4.78, 5) is 31.8. The molecule has 1 aliphatic heterocycles. The Morgan fingerprint density at radius 1 is 1.26 bits per heavy atom. The molecule has 170 valence electrons. The highest BCUT2D eigenvalue weighted by molar-refractivity contribution is 6.06. The number of nitrogens with one attached hydrogen (secondary N) is 1. The van der Waals surface area contributed by atoms with Gasteiger partial charge in [-0.25, -0.2) is 14.5 Å². The minimum absolute atomic E-state index is 0.0156. The molecule has 3 rings (SSSR count). The van der Waals surface area contributed by atoms with Gasteiger partial charge in [-0.15, -0.1) is 0 Å². The molecule has 2 aromatic heterocycles. The first-order chi connectivity index (χ1) is 14.5. The number of pyridine rings is 1. The van der Waals surface area contributed by atoms with Crippen molar-refractivity contribution in [2.75, 3.05) is 19.7 Å². The normalized spacial score (nSPS) is 15.5. The molecule has 1 aliphatic rings. The van der Waals surface area contributed by atoms with Crippen molar-refractivity contribution < 1.29 is 14.3 Å². The highest BCUT2D eigenvalue weighted by Gasteiger charge is 2.28. The van der Waals surface area contributed by atoms with Crippen molar-refractivity contribution in [1.82, 2.24) is 25.0 Å². The van der Waals surface area contributed by atoms with E-state index in [2.05, 4.69) is 39.9 Å². The summed E-state index contributed by atoms with van der Waals surface area (Å²) in [6, 6.07) is 1.92. The number of aryl methyl sites for hydroxylation is 1. The molecule has 2 aromatic rings. The number of piperidine rings is 1. The van der Waals surface area contributed by atoms with Crippen molar-refractivity contribution in [1.29, 1.82) is 0 Å². The van der Waals surface area contributed by atoms with Gasteiger partial charge < -0.3 is 15.0 Å². The smallest absolute Gasteiger partial charge is 0.409 e. The maximum absolute atomic E-state index is 13.3. The average Bonchev–Trinajstić information content (AvgIpc) is 3.05. The lowest BCUT2D eigenvalue weighted by atomic mass is 10.0. The lowest BCUT2D eigenvalue weighted by Gasteiger charge is -2.31. The van der Waals surface area contributed by atoms with Crippen molar-refractivity contribution in [2.24, 2.45) is 0 Å². The summed E-state index contributed by atoms with van der Waals surface area (Å²) in [7, 11) is 0. The van der Waals surface area contributed by atoms with E-state index in [1.54, 1.807) is 11.8 Å². The highest BCUT2D eigenvalue weighted by atomic mass is 16.6. The largest absolute Gasteiger partial charge is 0.450 e. The minimum Gasteiger partial charge on any atom is -0.450 e. The van der Waals surface area contributed by atoms with Gasteiger partial charge in [-0.05, 0) is 59.4 Å². The van der Waals surface area contributed by atoms with Crippen molar-refractivity contribution in [3.63, 3.8) is 0 Å². The molecule has 0 aliphatic carbocycles. The predicted octanol–water partition coefficient (Wildman–Crippen LogP) is 3.97. The second kappa shape index (κ2) is 8.85. The molecular formula is C23H35N5O3. The van der Waals surface area contributed by atoms with Crippen LogP contribution in [0.2, 0.25) is 0 Å². The van der Waals surface area contributed by atoms with Crippen molar-refractivity contribution >= 4 is 23.0 Å². The van der Waals surface area contributed by atoms with E-state index in [1.807, 2.05) is 17.7 Å². The van der Waals surface area contributed by atoms with E-state index in [4.69, 9.17) is 14.8 Å². The Labute approximate surface area is 184 Å². The summed E-state index contributed by atoms with van der Waals surface area (Å²) in [6.07, 6.45) is 1.13. The van der Waals surface area contributed by atoms with Gasteiger partial charge in [-0.2, -0.15) is 5.10 Å². The molecule has 1 fully saturated rings. The molecule has 0 unspecified atom stereocenters. The van der Waals surface area contributed by atoms with Crippen LogP contribution >= 0.6 is 0 Å². The number of rotatable bonds is 4. The van der Waals surface area contributed by atoms with Gasteiger partial charge in [0.2, 0.25) is 0 Å². The molecule has 8 nitrogen and oxygen atoms in total. The molecule has 1 N–H and O–H groups in total. The van der Waals surface area contributed by atoms with Crippen molar-refractivity contribution in [3.8, 4) is 0 Å². The van der Waals surface area contributed by atoms with E-state index in [0.717, 1.165) is 22.4 Å². The zero-order chi connectivity index (χ0) is 22.9. The topological polar surface area (TPSA) is 89.3 Å². The first kappa shape index (κ1) is 23.0. The van der Waals surface area contributed by atoms with Gasteiger partial charge in [0.05, 0.1) is 28.8 Å². The van der Waals surface area contributed by atoms with Crippen molar-refractivity contribution in [3.05, 3.63) is 23.0 Å². The van der Waals surface area contributed by atoms with E-state index in [-0.39, 0.29) is 29.5 Å². The molecule has 1 saturated heterocycles. The summed E-state index contributed by atoms with van der Waals surface area (Å²) < 4.78 is 6.99. The van der Waals surface area contributed by atoms with Gasteiger partial charge in [-0.1, -0.05) is 13.8 Å². The summed E-state index contributed by atoms with van der Waals surface area (Å²) in [5.74, 6) is 0.0767. The van der Waals surface area contributed by atoms with Gasteiger partial charge in [0, 0.05) is 24.8 Å². The first-order valence-corrected chi connectivity index (χ1v) is 11.2. The number of carbonyl (C=O) groups is 2. The Kier molecular flexibility index (Phi) is 6.57. The van der Waals surface area contributed by atoms with Crippen LogP contribution in [0.1, 0.15) is 82.0 Å². The number of aromatic nitrogens is 3. The van der Waals surface area contributed by atoms with E-state index in [1.165, 1.54) is 0 Å². The molecule has 0 saturated carbocycles. The molecule has 8 heteroatoms. The van der Waals surface area contributed by atoms with Crippen LogP contribution in [-0.2, 0) is 10.3 Å². The summed E-state index contributed by atoms with van der Waals surface area (Å²) in [6.45, 7) is 15.6. The van der Waals surface area contributed by atoms with Gasteiger partial charge in [0.25, 0.3) is 5.91 Å². The third-order valence-corrected chi connectivity index (χ3v) is 5.66. The second-order valence-electron chi connectivity index (χ2n) is 9.55. The number of hydrogen-bond acceptors (Lipinski definition) is 5. The molecule has 31 heavy (non-hydrogen) atoms. The van der Waals surface area contributed by atoms with Gasteiger partial charge in [-0.3, -0.25) is 4.79 Å². The van der Waals surface area contributed by atoms with Crippen LogP contribution in [0.15, 0.2) is 6.07 Å². The number of likely N-dealkylation sites (tertiary alicyclic amines) is 1. The van der Waals surface area contributed by atoms with Crippen LogP contribution in [0, 0.1) is 6.92 Å². The minimum atomic E-state index is -0.282. The van der Waals surface area contributed by atoms with Crippen LogP contribution in [0.3, 0.4) is 0 Å². The lowest BCUT2D eigenvalue weighted by molar-refractivity contribution is 0.0861. The Morgan fingerprint density at radius 2 is 1.90 bits per heavy atom. The SMILES string of the molecule is CCOC(=O)N1CCC(NC(=O)c2cc(C(C)C)nc3c2c(C)nn3C(C)(C)C)CC1. The molecule has 0 spiro atoms. The number of fused-ring (bicyclic) bond motifs is 1. The monoisotopic (exact) mass is 429 g/mol. The maximum Gasteiger partial charge on any atom is 0.409 e. The quantitative estimate of drug-likeness (QED) is 0.794. The fraction of sp³-hybridized carbons (Fsp3) is 0.652. The van der Waals surface area contributed by atoms with Crippen LogP contribution in [-0.4, -0.2) is 57.4 Å². The second-order valence-corrected chi connectivity index (χ2v) is 9.55. The molecular weight excluding hydrogens is 394 g/mol. The lowest BCUT2D eigenvalue weighted by Crippen LogP contribution is -2.46. The van der Waals surface area contributed by atoms with Gasteiger partial charge in [0.1, 0.15) is 0 Å². The van der Waals surface area contributed by atoms with E-state index >= 15 is 0 Å². The highest BCUT2D eigenvalue weighted by Crippen LogP contribution is 2.29. The standard InChI is InChI=1S/C23H35N5O3/c1-8-31-22(30)27-11-9-16(10-12-27)24-21(29)17-13-18(14(2)3)25-20-19(17)15(4)26-28(20)23(5,6)7/h13-14,16H,8-12H2,1-7H3,(H,24,29). The van der Waals surface area contributed by atoms with Crippen LogP contribution in [0.25, 0.3) is 11.0 Å². The Bertz CT molecular complexity index is 966. The number of hydrogen-bond donors (Lipinski definition) is 1. The average molecular weight is 430 g/mol. The Balaban J connectivity index is 1.87. The zero-order valence-electron chi connectivity index (χ0n) is 19.8. The maximum atomic E-state index is 13.3. The zero-order valence-corrected chi connectivity index (χ0v) is 19.8. The molecule has 0 radical (unpaired) electrons. The fourth-order valence-electron chi connectivity index (χ4n) is 3.94. The Morgan fingerprint density at radius 3 is 2.45 bits per heavy atom. The van der Waals surface area contributed by atoms with E-state index in [0.29, 0.717) is 38.1 Å². The molecule has 3 heterocycles. The Hall–Kier alpha value is -2.64. The third kappa shape index (κ3) is 4.83. The van der Waals surface area contributed by atoms with E-state index in [9.17, 15) is 9.59 Å². The van der Waals surface area contributed by atoms with Gasteiger partial charge in [0.15, 0.2) is 5.65 Å². The van der Waals surface area contributed by atoms with Gasteiger partial charge >= 0.3 is 6.09 Å². The van der Waals surface area contributed by atoms with Crippen LogP contribution < -0.4 is 5.32 Å². The molecule has 0 atom stereocenters. The molecule has 2 amide bonds. The van der Waals surface area contributed by atoms with Crippen LogP contribution in [0.5, 0.6) is 0 Å². The van der Waals surface area contributed by atoms with E-state index < -0.39 is 0 Å². The molecule has 0 aromatic carbocycles. The first-order valence-electron chi connectivity index (χ1n) is 11.2. The fourth-order valence-corrected chi connectivity index (χ4v) is 3.94. The number of amides is 2. The number of nitrogens with zero attached hydrogens (tertiary/aromatic N) is 4. The molecule has 0 bridgehead atoms. The number of carbonyl (C=O) groups excluding carboxylic acids is 2. The van der Waals surface area contributed by atoms with Crippen LogP contribution in [0.4, 0.5) is 4.79 Å². The summed E-state index contributed by atoms with van der Waals surface area (Å²) in [5.41, 5.74) is 2.80. The van der Waals surface area contributed by atoms with Crippen molar-refractivity contribution in [2.45, 2.75) is 78.8 Å².